The van der Waals surface area contributed by atoms with Crippen LogP contribution in [0.2, 0.25) is 0 Å². The van der Waals surface area contributed by atoms with Gasteiger partial charge >= 0.3 is 5.69 Å². The lowest BCUT2D eigenvalue weighted by Gasteiger charge is -2.09. The van der Waals surface area contributed by atoms with Crippen molar-refractivity contribution in [3.8, 4) is 5.88 Å². The highest BCUT2D eigenvalue weighted by Crippen LogP contribution is 2.22. The molecular weight excluding hydrogens is 286 g/mol. The number of nitrogens with one attached hydrogen (secondary N) is 1. The molecule has 2 rings (SSSR count). The molecule has 3 N–H and O–H groups in total. The molecule has 8 nitrogen and oxygen atoms in total. The third-order valence-corrected chi connectivity index (χ3v) is 2.74. The Morgan fingerprint density at radius 3 is 2.68 bits per heavy atom. The van der Waals surface area contributed by atoms with Crippen LogP contribution in [0.25, 0.3) is 0 Å². The van der Waals surface area contributed by atoms with Crippen molar-refractivity contribution in [3.63, 3.8) is 0 Å². The van der Waals surface area contributed by atoms with Crippen LogP contribution in [0.4, 0.5) is 17.2 Å². The maximum Gasteiger partial charge on any atom is 0.310 e. The van der Waals surface area contributed by atoms with Gasteiger partial charge < -0.3 is 15.8 Å². The van der Waals surface area contributed by atoms with Gasteiger partial charge in [0.2, 0.25) is 5.88 Å². The third kappa shape index (κ3) is 4.05. The second kappa shape index (κ2) is 6.70. The second-order valence-corrected chi connectivity index (χ2v) is 4.91. The van der Waals surface area contributed by atoms with Gasteiger partial charge in [0, 0.05) is 24.9 Å². The van der Waals surface area contributed by atoms with Gasteiger partial charge in [0.1, 0.15) is 17.7 Å². The highest BCUT2D eigenvalue weighted by molar-refractivity contribution is 5.61. The quantitative estimate of drug-likeness (QED) is 0.621. The Hall–Kier alpha value is -2.90. The fourth-order valence-corrected chi connectivity index (χ4v) is 1.73. The van der Waals surface area contributed by atoms with E-state index in [1.54, 1.807) is 12.3 Å². The Balaban J connectivity index is 1.98. The molecule has 0 aliphatic carbocycles. The van der Waals surface area contributed by atoms with Crippen LogP contribution in [-0.2, 0) is 6.54 Å². The first-order valence-electron chi connectivity index (χ1n) is 6.71. The minimum absolute atomic E-state index is 0.0707. The molecule has 22 heavy (non-hydrogen) atoms. The zero-order chi connectivity index (χ0) is 16.1. The van der Waals surface area contributed by atoms with Crippen molar-refractivity contribution >= 4 is 17.2 Å². The number of nitrogen functional groups attached to an aromatic ring is 1. The fourth-order valence-electron chi connectivity index (χ4n) is 1.73. The van der Waals surface area contributed by atoms with E-state index in [-0.39, 0.29) is 17.5 Å². The second-order valence-electron chi connectivity index (χ2n) is 4.91. The summed E-state index contributed by atoms with van der Waals surface area (Å²) in [6.07, 6.45) is 2.90. The Labute approximate surface area is 127 Å². The van der Waals surface area contributed by atoms with E-state index in [1.165, 1.54) is 6.07 Å². The topological polar surface area (TPSA) is 116 Å². The van der Waals surface area contributed by atoms with Crippen LogP contribution < -0.4 is 15.8 Å². The first kappa shape index (κ1) is 15.5. The van der Waals surface area contributed by atoms with Gasteiger partial charge in [0.05, 0.1) is 11.0 Å². The molecule has 2 heterocycles. The predicted octanol–water partition coefficient (Wildman–Crippen LogP) is 2.37. The van der Waals surface area contributed by atoms with E-state index in [4.69, 9.17) is 10.5 Å². The summed E-state index contributed by atoms with van der Waals surface area (Å²) < 4.78 is 5.46. The number of anilines is 2. The van der Waals surface area contributed by atoms with E-state index >= 15 is 0 Å². The largest absolute Gasteiger partial charge is 0.475 e. The van der Waals surface area contributed by atoms with Crippen molar-refractivity contribution < 1.29 is 9.66 Å². The van der Waals surface area contributed by atoms with Gasteiger partial charge in [-0.15, -0.1) is 0 Å². The molecule has 2 aromatic rings. The lowest BCUT2D eigenvalue weighted by atomic mass is 10.3. The first-order valence-corrected chi connectivity index (χ1v) is 6.71. The van der Waals surface area contributed by atoms with Crippen LogP contribution >= 0.6 is 0 Å². The molecule has 0 unspecified atom stereocenters. The standard InChI is InChI=1S/C14H17N5O3/c1-9(2)22-14-4-3-10(7-18-14)6-16-13-5-11(15)12(8-17-13)19(20)21/h3-5,7-9H,6H2,1-2H3,(H3,15,16,17). The molecule has 0 spiro atoms. The monoisotopic (exact) mass is 303 g/mol. The molecule has 116 valence electrons. The maximum absolute atomic E-state index is 10.7. The van der Waals surface area contributed by atoms with Crippen LogP contribution in [0.15, 0.2) is 30.6 Å². The SMILES string of the molecule is CC(C)Oc1ccc(CNc2cc(N)c([N+](=O)[O-])cn2)cn1. The normalized spacial score (nSPS) is 10.5. The van der Waals surface area contributed by atoms with Crippen molar-refractivity contribution in [2.45, 2.75) is 26.5 Å². The Bertz CT molecular complexity index is 658. The van der Waals surface area contributed by atoms with Crippen LogP contribution in [-0.4, -0.2) is 21.0 Å². The first-order chi connectivity index (χ1) is 10.5. The zero-order valence-corrected chi connectivity index (χ0v) is 12.3. The molecule has 8 heteroatoms. The molecule has 0 aliphatic heterocycles. The van der Waals surface area contributed by atoms with E-state index in [1.807, 2.05) is 19.9 Å². The van der Waals surface area contributed by atoms with Crippen LogP contribution in [0.1, 0.15) is 19.4 Å². The zero-order valence-electron chi connectivity index (χ0n) is 12.3. The summed E-state index contributed by atoms with van der Waals surface area (Å²) in [4.78, 5) is 18.2. The minimum Gasteiger partial charge on any atom is -0.475 e. The summed E-state index contributed by atoms with van der Waals surface area (Å²) in [5.41, 5.74) is 6.40. The number of hydrogen-bond acceptors (Lipinski definition) is 7. The lowest BCUT2D eigenvalue weighted by molar-refractivity contribution is -0.384. The number of pyridine rings is 2. The molecule has 0 atom stereocenters. The predicted molar refractivity (Wildman–Crippen MR) is 82.6 cm³/mol. The van der Waals surface area contributed by atoms with E-state index < -0.39 is 4.92 Å². The van der Waals surface area contributed by atoms with Gasteiger partial charge in [-0.25, -0.2) is 9.97 Å². The average Bonchev–Trinajstić information content (AvgIpc) is 2.45. The number of nitrogens with two attached hydrogens (primary N) is 1. The molecule has 0 amide bonds. The van der Waals surface area contributed by atoms with Gasteiger partial charge in [-0.1, -0.05) is 6.07 Å². The lowest BCUT2D eigenvalue weighted by Crippen LogP contribution is -2.07. The number of rotatable bonds is 6. The Morgan fingerprint density at radius 1 is 1.36 bits per heavy atom. The van der Waals surface area contributed by atoms with E-state index in [0.29, 0.717) is 18.2 Å². The van der Waals surface area contributed by atoms with E-state index in [0.717, 1.165) is 11.8 Å². The summed E-state index contributed by atoms with van der Waals surface area (Å²) in [7, 11) is 0. The van der Waals surface area contributed by atoms with Crippen molar-refractivity contribution in [2.24, 2.45) is 0 Å². The summed E-state index contributed by atoms with van der Waals surface area (Å²) in [6.45, 7) is 4.34. The molecule has 0 bridgehead atoms. The van der Waals surface area contributed by atoms with Crippen molar-refractivity contribution in [1.82, 2.24) is 9.97 Å². The number of ether oxygens (including phenoxy) is 1. The summed E-state index contributed by atoms with van der Waals surface area (Å²) in [5.74, 6) is 1.03. The van der Waals surface area contributed by atoms with Gasteiger partial charge in [0.25, 0.3) is 0 Å². The van der Waals surface area contributed by atoms with Crippen molar-refractivity contribution in [2.75, 3.05) is 11.1 Å². The van der Waals surface area contributed by atoms with E-state index in [9.17, 15) is 10.1 Å². The van der Waals surface area contributed by atoms with E-state index in [2.05, 4.69) is 15.3 Å². The molecule has 0 saturated heterocycles. The summed E-state index contributed by atoms with van der Waals surface area (Å²) in [5, 5.41) is 13.7. The highest BCUT2D eigenvalue weighted by Gasteiger charge is 2.12. The minimum atomic E-state index is -0.566. The van der Waals surface area contributed by atoms with Crippen LogP contribution in [0.5, 0.6) is 5.88 Å². The van der Waals surface area contributed by atoms with Crippen molar-refractivity contribution in [3.05, 3.63) is 46.3 Å². The smallest absolute Gasteiger partial charge is 0.310 e. The molecule has 0 fully saturated rings. The van der Waals surface area contributed by atoms with Gasteiger partial charge in [-0.3, -0.25) is 10.1 Å². The maximum atomic E-state index is 10.7. The van der Waals surface area contributed by atoms with Gasteiger partial charge in [-0.05, 0) is 19.4 Å². The molecule has 2 aromatic heterocycles. The van der Waals surface area contributed by atoms with Crippen LogP contribution in [0, 0.1) is 10.1 Å². The van der Waals surface area contributed by atoms with Gasteiger partial charge in [-0.2, -0.15) is 0 Å². The number of nitro groups is 1. The third-order valence-electron chi connectivity index (χ3n) is 2.74. The van der Waals surface area contributed by atoms with Gasteiger partial charge in [0.15, 0.2) is 0 Å². The molecular formula is C14H17N5O3. The summed E-state index contributed by atoms with van der Waals surface area (Å²) in [6, 6.07) is 5.10. The Kier molecular flexibility index (Phi) is 4.72. The molecule has 0 radical (unpaired) electrons. The van der Waals surface area contributed by atoms with Crippen LogP contribution in [0.3, 0.4) is 0 Å². The Morgan fingerprint density at radius 2 is 2.14 bits per heavy atom. The fraction of sp³-hybridized carbons (Fsp3) is 0.286. The van der Waals surface area contributed by atoms with Crippen molar-refractivity contribution in [1.29, 1.82) is 0 Å². The average molecular weight is 303 g/mol. The highest BCUT2D eigenvalue weighted by atomic mass is 16.6. The number of aromatic nitrogens is 2. The summed E-state index contributed by atoms with van der Waals surface area (Å²) >= 11 is 0. The number of nitrogens with zero attached hydrogens (tertiary/aromatic N) is 3. The molecule has 0 aromatic carbocycles. The number of hydrogen-bond donors (Lipinski definition) is 2. The molecule has 0 saturated carbocycles. The molecule has 0 aliphatic rings.